The summed E-state index contributed by atoms with van der Waals surface area (Å²) in [6, 6.07) is 0. The van der Waals surface area contributed by atoms with Gasteiger partial charge in [0, 0.05) is 5.56 Å². The average molecular weight is 332 g/mol. The van der Waals surface area contributed by atoms with E-state index in [0.29, 0.717) is 0 Å². The van der Waals surface area contributed by atoms with Gasteiger partial charge in [0.25, 0.3) is 0 Å². The molecule has 1 rings (SSSR count). The van der Waals surface area contributed by atoms with Crippen LogP contribution in [0.25, 0.3) is 0 Å². The quantitative estimate of drug-likeness (QED) is 0.628. The van der Waals surface area contributed by atoms with Crippen molar-refractivity contribution in [3.63, 3.8) is 0 Å². The molecule has 1 N–H and O–H groups in total. The fraction of sp³-hybridized carbons (Fsp3) is 0.571. The third-order valence-corrected chi connectivity index (χ3v) is 3.86. The molecule has 0 bridgehead atoms. The van der Waals surface area contributed by atoms with Gasteiger partial charge in [-0.1, -0.05) is 20.8 Å². The topological polar surface area (TPSA) is 20.2 Å². The van der Waals surface area contributed by atoms with E-state index in [4.69, 9.17) is 0 Å². The summed E-state index contributed by atoms with van der Waals surface area (Å²) in [7, 11) is 0. The summed E-state index contributed by atoms with van der Waals surface area (Å²) in [5, 5.41) is 9.35. The van der Waals surface area contributed by atoms with Gasteiger partial charge >= 0.3 is 6.18 Å². The zero-order valence-corrected chi connectivity index (χ0v) is 12.3. The molecule has 22 heavy (non-hydrogen) atoms. The van der Waals surface area contributed by atoms with Gasteiger partial charge in [0.1, 0.15) is 0 Å². The second kappa shape index (κ2) is 5.40. The van der Waals surface area contributed by atoms with Crippen molar-refractivity contribution >= 4 is 0 Å². The Bertz CT molecular complexity index is 559. The summed E-state index contributed by atoms with van der Waals surface area (Å²) in [5.41, 5.74) is -8.51. The van der Waals surface area contributed by atoms with Gasteiger partial charge in [0.05, 0.1) is 5.56 Å². The van der Waals surface area contributed by atoms with E-state index in [1.165, 1.54) is 20.8 Å². The highest BCUT2D eigenvalue weighted by Gasteiger charge is 2.55. The Morgan fingerprint density at radius 2 is 1.09 bits per heavy atom. The maximum Gasteiger partial charge on any atom is 0.421 e. The number of alkyl halides is 3. The van der Waals surface area contributed by atoms with Crippen molar-refractivity contribution in [2.45, 2.75) is 51.3 Å². The summed E-state index contributed by atoms with van der Waals surface area (Å²) in [4.78, 5) is 0. The first kappa shape index (κ1) is 18.7. The largest absolute Gasteiger partial charge is 0.421 e. The summed E-state index contributed by atoms with van der Waals surface area (Å²) >= 11 is 0. The van der Waals surface area contributed by atoms with E-state index in [9.17, 15) is 35.8 Å². The van der Waals surface area contributed by atoms with E-state index in [0.717, 1.165) is 0 Å². The SMILES string of the molecule is CCC(C)(C)c1c(F)c(F)c(C(C)(O)C(F)(F)F)c(F)c1F. The first-order valence-electron chi connectivity index (χ1n) is 6.36. The highest BCUT2D eigenvalue weighted by molar-refractivity contribution is 5.37. The van der Waals surface area contributed by atoms with Crippen molar-refractivity contribution in [2.75, 3.05) is 0 Å². The highest BCUT2D eigenvalue weighted by Crippen LogP contribution is 2.44. The molecule has 1 unspecified atom stereocenters. The van der Waals surface area contributed by atoms with E-state index >= 15 is 0 Å². The van der Waals surface area contributed by atoms with E-state index in [-0.39, 0.29) is 13.3 Å². The Labute approximate surface area is 122 Å². The van der Waals surface area contributed by atoms with Gasteiger partial charge in [-0.05, 0) is 18.8 Å². The minimum atomic E-state index is -5.52. The lowest BCUT2D eigenvalue weighted by atomic mass is 9.79. The lowest BCUT2D eigenvalue weighted by Crippen LogP contribution is -2.42. The van der Waals surface area contributed by atoms with Crippen molar-refractivity contribution < 1.29 is 35.8 Å². The zero-order chi connectivity index (χ0) is 17.7. The van der Waals surface area contributed by atoms with Crippen LogP contribution in [0.5, 0.6) is 0 Å². The second-order valence-electron chi connectivity index (χ2n) is 5.81. The molecule has 1 aromatic rings. The lowest BCUT2D eigenvalue weighted by Gasteiger charge is -2.30. The number of benzene rings is 1. The third kappa shape index (κ3) is 2.68. The highest BCUT2D eigenvalue weighted by atomic mass is 19.4. The van der Waals surface area contributed by atoms with Gasteiger partial charge in [0.15, 0.2) is 28.9 Å². The fourth-order valence-corrected chi connectivity index (χ4v) is 1.97. The Kier molecular flexibility index (Phi) is 4.60. The van der Waals surface area contributed by atoms with Crippen LogP contribution in [0.1, 0.15) is 45.2 Å². The molecule has 1 aromatic carbocycles. The fourth-order valence-electron chi connectivity index (χ4n) is 1.97. The van der Waals surface area contributed by atoms with E-state index in [1.54, 1.807) is 0 Å². The van der Waals surface area contributed by atoms with Crippen molar-refractivity contribution in [3.8, 4) is 0 Å². The lowest BCUT2D eigenvalue weighted by molar-refractivity contribution is -0.261. The van der Waals surface area contributed by atoms with Gasteiger partial charge in [-0.3, -0.25) is 0 Å². The van der Waals surface area contributed by atoms with Gasteiger partial charge in [0.2, 0.25) is 0 Å². The zero-order valence-electron chi connectivity index (χ0n) is 12.3. The van der Waals surface area contributed by atoms with Crippen molar-refractivity contribution in [2.24, 2.45) is 0 Å². The van der Waals surface area contributed by atoms with Crippen molar-refractivity contribution in [3.05, 3.63) is 34.4 Å². The number of rotatable bonds is 3. The van der Waals surface area contributed by atoms with E-state index in [2.05, 4.69) is 0 Å². The molecule has 126 valence electrons. The Morgan fingerprint density at radius 3 is 1.36 bits per heavy atom. The minimum Gasteiger partial charge on any atom is -0.376 e. The Hall–Kier alpha value is -1.31. The molecule has 0 spiro atoms. The molecule has 0 heterocycles. The van der Waals surface area contributed by atoms with Gasteiger partial charge in [-0.15, -0.1) is 0 Å². The van der Waals surface area contributed by atoms with Crippen LogP contribution in [-0.2, 0) is 11.0 Å². The molecule has 1 nitrogen and oxygen atoms in total. The van der Waals surface area contributed by atoms with Crippen LogP contribution >= 0.6 is 0 Å². The third-order valence-electron chi connectivity index (χ3n) is 3.86. The summed E-state index contributed by atoms with van der Waals surface area (Å²) < 4.78 is 94.1. The smallest absolute Gasteiger partial charge is 0.376 e. The van der Waals surface area contributed by atoms with Crippen molar-refractivity contribution in [1.29, 1.82) is 0 Å². The standard InChI is InChI=1S/C14H15F7O/c1-5-12(2,3)6-8(15)10(17)7(11(18)9(6)16)13(4,22)14(19,20)21/h22H,5H2,1-4H3. The van der Waals surface area contributed by atoms with Crippen LogP contribution in [0, 0.1) is 23.3 Å². The first-order chi connectivity index (χ1) is 9.70. The molecular formula is C14H15F7O. The summed E-state index contributed by atoms with van der Waals surface area (Å²) in [5.74, 6) is -8.38. The second-order valence-corrected chi connectivity index (χ2v) is 5.81. The number of hydrogen-bond donors (Lipinski definition) is 1. The molecule has 0 aliphatic rings. The van der Waals surface area contributed by atoms with Gasteiger partial charge < -0.3 is 5.11 Å². The normalized spacial score (nSPS) is 15.8. The first-order valence-corrected chi connectivity index (χ1v) is 6.36. The van der Waals surface area contributed by atoms with Gasteiger partial charge in [-0.2, -0.15) is 13.2 Å². The maximum absolute atomic E-state index is 14.0. The van der Waals surface area contributed by atoms with Crippen LogP contribution in [0.3, 0.4) is 0 Å². The maximum atomic E-state index is 14.0. The number of halogens is 7. The predicted molar refractivity (Wildman–Crippen MR) is 65.2 cm³/mol. The summed E-state index contributed by atoms with van der Waals surface area (Å²) in [6.07, 6.45) is -5.44. The summed E-state index contributed by atoms with van der Waals surface area (Å²) in [6.45, 7) is 4.09. The number of aliphatic hydroxyl groups is 1. The van der Waals surface area contributed by atoms with Gasteiger partial charge in [-0.25, -0.2) is 17.6 Å². The average Bonchev–Trinajstić information content (AvgIpc) is 2.35. The molecule has 0 aliphatic heterocycles. The minimum absolute atomic E-state index is 0.0258. The molecular weight excluding hydrogens is 317 g/mol. The molecule has 0 fully saturated rings. The van der Waals surface area contributed by atoms with E-state index < -0.39 is 51.6 Å². The molecule has 0 saturated heterocycles. The Morgan fingerprint density at radius 1 is 0.773 bits per heavy atom. The van der Waals surface area contributed by atoms with Crippen LogP contribution < -0.4 is 0 Å². The van der Waals surface area contributed by atoms with E-state index in [1.807, 2.05) is 0 Å². The molecule has 0 aliphatic carbocycles. The molecule has 8 heteroatoms. The number of hydrogen-bond acceptors (Lipinski definition) is 1. The molecule has 0 aromatic heterocycles. The van der Waals surface area contributed by atoms with Crippen LogP contribution in [-0.4, -0.2) is 11.3 Å². The molecule has 0 saturated carbocycles. The molecule has 0 amide bonds. The molecule has 1 atom stereocenters. The Balaban J connectivity index is 3.84. The predicted octanol–water partition coefficient (Wildman–Crippen LogP) is 4.70. The molecule has 0 radical (unpaired) electrons. The van der Waals surface area contributed by atoms with Crippen LogP contribution in [0.2, 0.25) is 0 Å². The van der Waals surface area contributed by atoms with Crippen molar-refractivity contribution in [1.82, 2.24) is 0 Å². The monoisotopic (exact) mass is 332 g/mol. The van der Waals surface area contributed by atoms with Crippen LogP contribution in [0.4, 0.5) is 30.7 Å². The van der Waals surface area contributed by atoms with Crippen LogP contribution in [0.15, 0.2) is 0 Å².